The van der Waals surface area contributed by atoms with Gasteiger partial charge in [-0.2, -0.15) is 5.26 Å². The Bertz CT molecular complexity index is 1480. The Morgan fingerprint density at radius 1 is 1.19 bits per heavy atom. The molecule has 10 heteroatoms. The van der Waals surface area contributed by atoms with Crippen LogP contribution in [0, 0.1) is 11.3 Å². The molecule has 1 fully saturated rings. The first kappa shape index (κ1) is 24.3. The third-order valence-corrected chi connectivity index (χ3v) is 6.86. The summed E-state index contributed by atoms with van der Waals surface area (Å²) >= 11 is 0. The molecular weight excluding hydrogens is 480 g/mol. The van der Waals surface area contributed by atoms with Gasteiger partial charge in [0.2, 0.25) is 5.91 Å². The molecule has 1 unspecified atom stereocenters. The van der Waals surface area contributed by atoms with Crippen molar-refractivity contribution in [2.45, 2.75) is 24.8 Å². The number of nitrogens with one attached hydrogen (secondary N) is 1. The van der Waals surface area contributed by atoms with E-state index in [4.69, 9.17) is 5.26 Å². The highest BCUT2D eigenvalue weighted by Crippen LogP contribution is 2.32. The number of alkyl halides is 2. The van der Waals surface area contributed by atoms with E-state index in [2.05, 4.69) is 10.3 Å². The van der Waals surface area contributed by atoms with Crippen LogP contribution in [-0.4, -0.2) is 71.2 Å². The van der Waals surface area contributed by atoms with Gasteiger partial charge in [0.15, 0.2) is 0 Å². The molecule has 3 amide bonds. The smallest absolute Gasteiger partial charge is 0.268 e. The zero-order valence-corrected chi connectivity index (χ0v) is 20.0. The van der Waals surface area contributed by atoms with Gasteiger partial charge in [-0.15, -0.1) is 0 Å². The Labute approximate surface area is 211 Å². The number of pyridine rings is 1. The van der Waals surface area contributed by atoms with E-state index in [1.54, 1.807) is 24.1 Å². The lowest BCUT2D eigenvalue weighted by Gasteiger charge is -2.25. The van der Waals surface area contributed by atoms with Crippen molar-refractivity contribution in [1.29, 1.82) is 5.26 Å². The van der Waals surface area contributed by atoms with Crippen LogP contribution < -0.4 is 5.32 Å². The molecule has 1 saturated heterocycles. The lowest BCUT2D eigenvalue weighted by molar-refractivity contribution is -0.131. The standard InChI is InChI=1S/C27H23F2N5O3/c1-33-9-7-18-10-16(2-4-20(18)26(33)37)17-3-5-23-22(11-17)21(6-8-31-23)25(36)32-14-24(35)34-15-27(28,29)12-19(34)13-30/h2-6,8,10-11,19H,7,9,12,14-15H2,1H3,(H,32,36). The summed E-state index contributed by atoms with van der Waals surface area (Å²) < 4.78 is 27.4. The summed E-state index contributed by atoms with van der Waals surface area (Å²) in [6, 6.07) is 13.2. The number of amides is 3. The van der Waals surface area contributed by atoms with E-state index in [0.29, 0.717) is 23.0 Å². The predicted octanol–water partition coefficient (Wildman–Crippen LogP) is 3.02. The number of likely N-dealkylation sites (tertiary alicyclic amines) is 1. The molecule has 2 aromatic carbocycles. The predicted molar refractivity (Wildman–Crippen MR) is 131 cm³/mol. The first-order valence-electron chi connectivity index (χ1n) is 11.8. The number of likely N-dealkylation sites (N-methyl/N-ethyl adjacent to an activating group) is 1. The summed E-state index contributed by atoms with van der Waals surface area (Å²) in [5.74, 6) is -4.44. The molecule has 0 saturated carbocycles. The SMILES string of the molecule is CN1CCc2cc(-c3ccc4nccc(C(=O)NCC(=O)N5CC(F)(F)CC5C#N)c4c3)ccc2C1=O. The highest BCUT2D eigenvalue weighted by Gasteiger charge is 2.47. The van der Waals surface area contributed by atoms with E-state index in [-0.39, 0.29) is 11.5 Å². The molecule has 3 heterocycles. The van der Waals surface area contributed by atoms with Gasteiger partial charge in [-0.3, -0.25) is 19.4 Å². The molecule has 0 aliphatic carbocycles. The van der Waals surface area contributed by atoms with Crippen molar-refractivity contribution in [3.8, 4) is 17.2 Å². The van der Waals surface area contributed by atoms with Crippen LogP contribution in [0.5, 0.6) is 0 Å². The van der Waals surface area contributed by atoms with Crippen molar-refractivity contribution in [1.82, 2.24) is 20.1 Å². The van der Waals surface area contributed by atoms with Gasteiger partial charge in [0.1, 0.15) is 6.04 Å². The maximum absolute atomic E-state index is 13.7. The molecule has 1 N–H and O–H groups in total. The maximum Gasteiger partial charge on any atom is 0.268 e. The summed E-state index contributed by atoms with van der Waals surface area (Å²) in [7, 11) is 1.78. The second-order valence-electron chi connectivity index (χ2n) is 9.35. The number of rotatable bonds is 4. The minimum absolute atomic E-state index is 0.0113. The van der Waals surface area contributed by atoms with E-state index in [0.717, 1.165) is 28.0 Å². The zero-order chi connectivity index (χ0) is 26.3. The molecular formula is C27H23F2N5O3. The molecule has 0 radical (unpaired) electrons. The zero-order valence-electron chi connectivity index (χ0n) is 20.0. The molecule has 8 nitrogen and oxygen atoms in total. The number of nitriles is 1. The van der Waals surface area contributed by atoms with Gasteiger partial charge in [-0.25, -0.2) is 8.78 Å². The summed E-state index contributed by atoms with van der Waals surface area (Å²) in [6.07, 6.45) is 1.51. The van der Waals surface area contributed by atoms with Crippen LogP contribution in [0.4, 0.5) is 8.78 Å². The Kier molecular flexibility index (Phi) is 6.07. The molecule has 2 aliphatic heterocycles. The van der Waals surface area contributed by atoms with Crippen LogP contribution in [0.2, 0.25) is 0 Å². The molecule has 1 aromatic heterocycles. The summed E-state index contributed by atoms with van der Waals surface area (Å²) in [5.41, 5.74) is 4.21. The minimum Gasteiger partial charge on any atom is -0.343 e. The Balaban J connectivity index is 1.38. The van der Waals surface area contributed by atoms with E-state index in [9.17, 15) is 23.2 Å². The molecule has 188 valence electrons. The third kappa shape index (κ3) is 4.60. The Morgan fingerprint density at radius 3 is 2.73 bits per heavy atom. The van der Waals surface area contributed by atoms with Gasteiger partial charge in [-0.1, -0.05) is 18.2 Å². The number of fused-ring (bicyclic) bond motifs is 2. The second-order valence-corrected chi connectivity index (χ2v) is 9.35. The van der Waals surface area contributed by atoms with Crippen LogP contribution in [0.25, 0.3) is 22.0 Å². The second kappa shape index (κ2) is 9.24. The fourth-order valence-corrected chi connectivity index (χ4v) is 4.85. The normalized spacial score (nSPS) is 18.4. The van der Waals surface area contributed by atoms with Gasteiger partial charge in [0, 0.05) is 37.2 Å². The maximum atomic E-state index is 13.7. The number of halogens is 2. The number of carbonyl (C=O) groups is 3. The highest BCUT2D eigenvalue weighted by atomic mass is 19.3. The van der Waals surface area contributed by atoms with Crippen LogP contribution >= 0.6 is 0 Å². The first-order valence-corrected chi connectivity index (χ1v) is 11.8. The van der Waals surface area contributed by atoms with Crippen molar-refractivity contribution in [2.24, 2.45) is 0 Å². The molecule has 0 spiro atoms. The molecule has 37 heavy (non-hydrogen) atoms. The Hall–Kier alpha value is -4.39. The fourth-order valence-electron chi connectivity index (χ4n) is 4.85. The van der Waals surface area contributed by atoms with Gasteiger partial charge < -0.3 is 15.1 Å². The molecule has 0 bridgehead atoms. The van der Waals surface area contributed by atoms with Crippen LogP contribution in [0.15, 0.2) is 48.7 Å². The van der Waals surface area contributed by atoms with Crippen molar-refractivity contribution >= 4 is 28.6 Å². The summed E-state index contributed by atoms with van der Waals surface area (Å²) in [6.45, 7) is -0.710. The van der Waals surface area contributed by atoms with Crippen molar-refractivity contribution in [3.05, 3.63) is 65.4 Å². The van der Waals surface area contributed by atoms with E-state index in [1.165, 1.54) is 12.3 Å². The van der Waals surface area contributed by atoms with Crippen LogP contribution in [0.3, 0.4) is 0 Å². The molecule has 1 atom stereocenters. The monoisotopic (exact) mass is 503 g/mol. The van der Waals surface area contributed by atoms with Gasteiger partial charge in [-0.05, 0) is 47.4 Å². The summed E-state index contributed by atoms with van der Waals surface area (Å²) in [4.78, 5) is 44.7. The number of hydrogen-bond acceptors (Lipinski definition) is 5. The Morgan fingerprint density at radius 2 is 1.95 bits per heavy atom. The lowest BCUT2D eigenvalue weighted by atomic mass is 9.93. The largest absolute Gasteiger partial charge is 0.343 e. The number of benzene rings is 2. The summed E-state index contributed by atoms with van der Waals surface area (Å²) in [5, 5.41) is 12.2. The van der Waals surface area contributed by atoms with Crippen LogP contribution in [0.1, 0.15) is 32.7 Å². The number of aromatic nitrogens is 1. The lowest BCUT2D eigenvalue weighted by Crippen LogP contribution is -2.43. The molecule has 3 aromatic rings. The van der Waals surface area contributed by atoms with Gasteiger partial charge >= 0.3 is 0 Å². The number of nitrogens with zero attached hydrogens (tertiary/aromatic N) is 4. The van der Waals surface area contributed by atoms with Gasteiger partial charge in [0.25, 0.3) is 17.7 Å². The topological polar surface area (TPSA) is 106 Å². The van der Waals surface area contributed by atoms with Crippen molar-refractivity contribution in [2.75, 3.05) is 26.7 Å². The number of hydrogen-bond donors (Lipinski definition) is 1. The molecule has 2 aliphatic rings. The quantitative estimate of drug-likeness (QED) is 0.589. The first-order chi connectivity index (χ1) is 17.7. The van der Waals surface area contributed by atoms with Crippen LogP contribution in [-0.2, 0) is 11.2 Å². The fraction of sp³-hybridized carbons (Fsp3) is 0.296. The van der Waals surface area contributed by atoms with Crippen molar-refractivity contribution < 1.29 is 23.2 Å². The van der Waals surface area contributed by atoms with E-state index >= 15 is 0 Å². The average Bonchev–Trinajstić information content (AvgIpc) is 3.23. The van der Waals surface area contributed by atoms with Gasteiger partial charge in [0.05, 0.1) is 30.2 Å². The molecule has 5 rings (SSSR count). The van der Waals surface area contributed by atoms with Crippen molar-refractivity contribution in [3.63, 3.8) is 0 Å². The van der Waals surface area contributed by atoms with E-state index < -0.39 is 43.3 Å². The minimum atomic E-state index is -3.13. The number of carbonyl (C=O) groups excluding carboxylic acids is 3. The highest BCUT2D eigenvalue weighted by molar-refractivity contribution is 6.07. The van der Waals surface area contributed by atoms with E-state index in [1.807, 2.05) is 30.3 Å². The third-order valence-electron chi connectivity index (χ3n) is 6.86. The average molecular weight is 504 g/mol.